The Morgan fingerprint density at radius 1 is 1.00 bits per heavy atom. The molecule has 0 aromatic heterocycles. The monoisotopic (exact) mass is 288 g/mol. The van der Waals surface area contributed by atoms with E-state index in [9.17, 15) is 4.79 Å². The van der Waals surface area contributed by atoms with Crippen LogP contribution in [0.2, 0.25) is 0 Å². The number of rotatable bonds is 6. The van der Waals surface area contributed by atoms with Gasteiger partial charge in [-0.15, -0.1) is 0 Å². The lowest BCUT2D eigenvalue weighted by molar-refractivity contribution is 0.0696. The van der Waals surface area contributed by atoms with E-state index >= 15 is 0 Å². The summed E-state index contributed by atoms with van der Waals surface area (Å²) in [6, 6.07) is 12.0. The van der Waals surface area contributed by atoms with Gasteiger partial charge in [-0.1, -0.05) is 18.2 Å². The van der Waals surface area contributed by atoms with Crippen LogP contribution in [-0.4, -0.2) is 25.3 Å². The van der Waals surface area contributed by atoms with Crippen LogP contribution in [0, 0.1) is 0 Å². The molecule has 0 aliphatic carbocycles. The van der Waals surface area contributed by atoms with Gasteiger partial charge in [0.1, 0.15) is 12.4 Å². The number of benzene rings is 2. The Morgan fingerprint density at radius 2 is 1.67 bits per heavy atom. The molecule has 2 rings (SSSR count). The standard InChI is InChI=1S/C16H16O5/c1-19-13-5-3-4-6-14(13)21-10-12-8-7-11(16(17)18)9-15(12)20-2/h3-9H,10H2,1-2H3,(H,17,18). The van der Waals surface area contributed by atoms with Gasteiger partial charge in [0.25, 0.3) is 0 Å². The fraction of sp³-hybridized carbons (Fsp3) is 0.188. The number of carbonyl (C=O) groups is 1. The zero-order valence-electron chi connectivity index (χ0n) is 11.8. The van der Waals surface area contributed by atoms with Crippen molar-refractivity contribution in [3.63, 3.8) is 0 Å². The first-order valence-corrected chi connectivity index (χ1v) is 6.31. The van der Waals surface area contributed by atoms with Gasteiger partial charge in [0.15, 0.2) is 11.5 Å². The zero-order chi connectivity index (χ0) is 15.2. The first-order chi connectivity index (χ1) is 10.2. The lowest BCUT2D eigenvalue weighted by atomic mass is 10.1. The minimum atomic E-state index is -0.995. The van der Waals surface area contributed by atoms with E-state index in [1.54, 1.807) is 25.3 Å². The number of carboxylic acid groups (broad SMARTS) is 1. The topological polar surface area (TPSA) is 65.0 Å². The maximum Gasteiger partial charge on any atom is 0.335 e. The molecule has 0 aliphatic rings. The summed E-state index contributed by atoms with van der Waals surface area (Å²) in [5.74, 6) is 0.735. The summed E-state index contributed by atoms with van der Waals surface area (Å²) in [6.45, 7) is 0.253. The van der Waals surface area contributed by atoms with E-state index < -0.39 is 5.97 Å². The van der Waals surface area contributed by atoms with E-state index in [1.807, 2.05) is 12.1 Å². The fourth-order valence-electron chi connectivity index (χ4n) is 1.89. The Morgan fingerprint density at radius 3 is 2.29 bits per heavy atom. The van der Waals surface area contributed by atoms with Crippen LogP contribution in [0.1, 0.15) is 15.9 Å². The van der Waals surface area contributed by atoms with Gasteiger partial charge in [0.05, 0.1) is 19.8 Å². The van der Waals surface area contributed by atoms with Gasteiger partial charge in [0, 0.05) is 5.56 Å². The molecule has 5 nitrogen and oxygen atoms in total. The van der Waals surface area contributed by atoms with Crippen molar-refractivity contribution in [1.29, 1.82) is 0 Å². The van der Waals surface area contributed by atoms with Crippen molar-refractivity contribution in [2.24, 2.45) is 0 Å². The molecule has 0 heterocycles. The molecule has 2 aromatic rings. The van der Waals surface area contributed by atoms with E-state index in [1.165, 1.54) is 19.2 Å². The van der Waals surface area contributed by atoms with Crippen LogP contribution < -0.4 is 14.2 Å². The summed E-state index contributed by atoms with van der Waals surface area (Å²) in [5.41, 5.74) is 0.932. The second kappa shape index (κ2) is 6.65. The van der Waals surface area contributed by atoms with E-state index in [0.717, 1.165) is 5.56 Å². The number of ether oxygens (including phenoxy) is 3. The highest BCUT2D eigenvalue weighted by atomic mass is 16.5. The first kappa shape index (κ1) is 14.7. The highest BCUT2D eigenvalue weighted by molar-refractivity contribution is 5.88. The molecular formula is C16H16O5. The van der Waals surface area contributed by atoms with Crippen LogP contribution in [0.5, 0.6) is 17.2 Å². The highest BCUT2D eigenvalue weighted by Gasteiger charge is 2.10. The quantitative estimate of drug-likeness (QED) is 0.885. The number of carboxylic acids is 1. The predicted octanol–water partition coefficient (Wildman–Crippen LogP) is 2.98. The van der Waals surface area contributed by atoms with Crippen LogP contribution in [0.4, 0.5) is 0 Å². The fourth-order valence-corrected chi connectivity index (χ4v) is 1.89. The van der Waals surface area contributed by atoms with Crippen molar-refractivity contribution in [3.8, 4) is 17.2 Å². The minimum Gasteiger partial charge on any atom is -0.496 e. The SMILES string of the molecule is COc1cc(C(=O)O)ccc1COc1ccccc1OC. The van der Waals surface area contributed by atoms with E-state index in [2.05, 4.69) is 0 Å². The Kier molecular flexibility index (Phi) is 4.66. The molecule has 2 aromatic carbocycles. The normalized spacial score (nSPS) is 10.0. The first-order valence-electron chi connectivity index (χ1n) is 6.31. The van der Waals surface area contributed by atoms with Gasteiger partial charge < -0.3 is 19.3 Å². The molecule has 5 heteroatoms. The van der Waals surface area contributed by atoms with Crippen LogP contribution in [0.15, 0.2) is 42.5 Å². The van der Waals surface area contributed by atoms with Crippen molar-refractivity contribution in [3.05, 3.63) is 53.6 Å². The average molecular weight is 288 g/mol. The van der Waals surface area contributed by atoms with E-state index in [0.29, 0.717) is 17.2 Å². The number of aromatic carboxylic acids is 1. The molecule has 0 amide bonds. The third kappa shape index (κ3) is 3.45. The maximum absolute atomic E-state index is 10.9. The molecule has 0 saturated heterocycles. The summed E-state index contributed by atoms with van der Waals surface area (Å²) < 4.78 is 16.1. The van der Waals surface area contributed by atoms with E-state index in [-0.39, 0.29) is 12.2 Å². The lowest BCUT2D eigenvalue weighted by Crippen LogP contribution is -2.03. The Balaban J connectivity index is 2.18. The van der Waals surface area contributed by atoms with Crippen molar-refractivity contribution >= 4 is 5.97 Å². The van der Waals surface area contributed by atoms with Gasteiger partial charge in [-0.05, 0) is 24.3 Å². The second-order valence-corrected chi connectivity index (χ2v) is 4.27. The van der Waals surface area contributed by atoms with E-state index in [4.69, 9.17) is 19.3 Å². The van der Waals surface area contributed by atoms with Crippen LogP contribution in [-0.2, 0) is 6.61 Å². The summed E-state index contributed by atoms with van der Waals surface area (Å²) >= 11 is 0. The summed E-state index contributed by atoms with van der Waals surface area (Å²) in [4.78, 5) is 10.9. The lowest BCUT2D eigenvalue weighted by Gasteiger charge is -2.13. The number of para-hydroxylation sites is 2. The van der Waals surface area contributed by atoms with Gasteiger partial charge in [-0.25, -0.2) is 4.79 Å². The Labute approximate surface area is 122 Å². The minimum absolute atomic E-state index is 0.174. The van der Waals surface area contributed by atoms with Crippen molar-refractivity contribution in [2.45, 2.75) is 6.61 Å². The van der Waals surface area contributed by atoms with Crippen LogP contribution in [0.3, 0.4) is 0 Å². The summed E-state index contributed by atoms with van der Waals surface area (Å²) in [7, 11) is 3.07. The molecule has 0 spiro atoms. The molecule has 0 saturated carbocycles. The molecule has 0 radical (unpaired) electrons. The van der Waals surface area contributed by atoms with Crippen LogP contribution >= 0.6 is 0 Å². The molecule has 0 aliphatic heterocycles. The Bertz CT molecular complexity index is 636. The molecular weight excluding hydrogens is 272 g/mol. The van der Waals surface area contributed by atoms with Gasteiger partial charge in [-0.2, -0.15) is 0 Å². The average Bonchev–Trinajstić information content (AvgIpc) is 2.52. The number of methoxy groups -OCH3 is 2. The smallest absolute Gasteiger partial charge is 0.335 e. The molecule has 0 atom stereocenters. The molecule has 0 fully saturated rings. The second-order valence-electron chi connectivity index (χ2n) is 4.27. The van der Waals surface area contributed by atoms with Gasteiger partial charge >= 0.3 is 5.97 Å². The molecule has 0 unspecified atom stereocenters. The third-order valence-electron chi connectivity index (χ3n) is 2.99. The molecule has 1 N–H and O–H groups in total. The number of hydrogen-bond acceptors (Lipinski definition) is 4. The van der Waals surface area contributed by atoms with Crippen LogP contribution in [0.25, 0.3) is 0 Å². The highest BCUT2D eigenvalue weighted by Crippen LogP contribution is 2.28. The molecule has 110 valence electrons. The largest absolute Gasteiger partial charge is 0.496 e. The van der Waals surface area contributed by atoms with Crippen molar-refractivity contribution in [1.82, 2.24) is 0 Å². The van der Waals surface area contributed by atoms with Gasteiger partial charge in [0.2, 0.25) is 0 Å². The summed E-state index contributed by atoms with van der Waals surface area (Å²) in [6.07, 6.45) is 0. The van der Waals surface area contributed by atoms with Crippen molar-refractivity contribution < 1.29 is 24.1 Å². The van der Waals surface area contributed by atoms with Gasteiger partial charge in [-0.3, -0.25) is 0 Å². The Hall–Kier alpha value is -2.69. The molecule has 0 bridgehead atoms. The predicted molar refractivity (Wildman–Crippen MR) is 77.3 cm³/mol. The molecule has 21 heavy (non-hydrogen) atoms. The third-order valence-corrected chi connectivity index (χ3v) is 2.99. The zero-order valence-corrected chi connectivity index (χ0v) is 11.8. The maximum atomic E-state index is 10.9. The number of hydrogen-bond donors (Lipinski definition) is 1. The summed E-state index contributed by atoms with van der Waals surface area (Å²) in [5, 5.41) is 8.97. The van der Waals surface area contributed by atoms with Crippen molar-refractivity contribution in [2.75, 3.05) is 14.2 Å².